The number of benzene rings is 1. The summed E-state index contributed by atoms with van der Waals surface area (Å²) in [6.45, 7) is 4.54. The third-order valence-corrected chi connectivity index (χ3v) is 4.52. The minimum atomic E-state index is 0.181. The van der Waals surface area contributed by atoms with Crippen molar-refractivity contribution in [1.82, 2.24) is 4.90 Å². The molecule has 1 aromatic rings. The van der Waals surface area contributed by atoms with Crippen molar-refractivity contribution >= 4 is 5.78 Å². The van der Waals surface area contributed by atoms with Crippen molar-refractivity contribution in [3.05, 3.63) is 24.3 Å². The molecule has 0 spiro atoms. The third kappa shape index (κ3) is 3.97. The maximum Gasteiger partial charge on any atom is 0.160 e. The second kappa shape index (κ2) is 7.46. The van der Waals surface area contributed by atoms with Crippen molar-refractivity contribution in [2.75, 3.05) is 20.2 Å². The lowest BCUT2D eigenvalue weighted by Gasteiger charge is -2.29. The number of methoxy groups -OCH3 is 1. The number of likely N-dealkylation sites (tertiary alicyclic amines) is 1. The number of carbonyl (C=O) groups is 1. The number of rotatable bonds is 2. The highest BCUT2D eigenvalue weighted by atomic mass is 16.5. The van der Waals surface area contributed by atoms with Crippen LogP contribution in [-0.2, 0) is 4.79 Å². The molecule has 0 radical (unpaired) electrons. The van der Waals surface area contributed by atoms with Crippen LogP contribution in [0, 0.1) is 5.92 Å². The average Bonchev–Trinajstić information content (AvgIpc) is 2.90. The monoisotopic (exact) mass is 291 g/mol. The number of phenols is 1. The number of hydrogen-bond acceptors (Lipinski definition) is 4. The van der Waals surface area contributed by atoms with Gasteiger partial charge in [-0.05, 0) is 44.0 Å². The molecule has 1 aliphatic heterocycles. The second-order valence-electron chi connectivity index (χ2n) is 5.70. The van der Waals surface area contributed by atoms with Crippen LogP contribution in [0.4, 0.5) is 0 Å². The number of nitrogens with zero attached hydrogens (tertiary/aromatic N) is 1. The summed E-state index contributed by atoms with van der Waals surface area (Å²) in [6, 6.07) is 7.45. The fraction of sp³-hybridized carbons (Fsp3) is 0.588. The summed E-state index contributed by atoms with van der Waals surface area (Å²) in [5.74, 6) is 2.01. The number of ketones is 1. The van der Waals surface area contributed by atoms with Gasteiger partial charge in [0.15, 0.2) is 11.5 Å². The van der Waals surface area contributed by atoms with E-state index >= 15 is 0 Å². The Morgan fingerprint density at radius 3 is 2.71 bits per heavy atom. The number of aromatic hydroxyl groups is 1. The van der Waals surface area contributed by atoms with Gasteiger partial charge in [-0.2, -0.15) is 0 Å². The zero-order valence-electron chi connectivity index (χ0n) is 12.9. The molecule has 1 aliphatic carbocycles. The molecule has 21 heavy (non-hydrogen) atoms. The van der Waals surface area contributed by atoms with Crippen LogP contribution in [0.3, 0.4) is 0 Å². The molecule has 0 bridgehead atoms. The maximum absolute atomic E-state index is 11.2. The fourth-order valence-corrected chi connectivity index (χ4v) is 3.32. The summed E-state index contributed by atoms with van der Waals surface area (Å²) in [6.07, 6.45) is 4.16. The van der Waals surface area contributed by atoms with Crippen molar-refractivity contribution in [1.29, 1.82) is 0 Å². The molecule has 4 nitrogen and oxygen atoms in total. The number of Topliss-reactive ketones (excluding diaryl/α,β-unsaturated/α-hetero) is 1. The van der Waals surface area contributed by atoms with Crippen LogP contribution in [0.2, 0.25) is 0 Å². The molecule has 0 aromatic heterocycles. The Hall–Kier alpha value is -1.55. The molecule has 3 rings (SSSR count). The topological polar surface area (TPSA) is 49.8 Å². The molecule has 1 N–H and O–H groups in total. The van der Waals surface area contributed by atoms with Crippen molar-refractivity contribution in [2.45, 2.75) is 38.6 Å². The van der Waals surface area contributed by atoms with Crippen molar-refractivity contribution in [3.63, 3.8) is 0 Å². The minimum absolute atomic E-state index is 0.181. The van der Waals surface area contributed by atoms with Crippen molar-refractivity contribution < 1.29 is 14.6 Å². The first-order valence-corrected chi connectivity index (χ1v) is 7.73. The maximum atomic E-state index is 11.2. The zero-order valence-corrected chi connectivity index (χ0v) is 12.9. The van der Waals surface area contributed by atoms with E-state index in [1.54, 1.807) is 24.3 Å². The Labute approximate surface area is 126 Å². The van der Waals surface area contributed by atoms with Gasteiger partial charge in [0, 0.05) is 18.9 Å². The number of para-hydroxylation sites is 2. The van der Waals surface area contributed by atoms with Gasteiger partial charge in [0.2, 0.25) is 0 Å². The molecule has 4 heteroatoms. The summed E-state index contributed by atoms with van der Waals surface area (Å²) >= 11 is 0. The first kappa shape index (κ1) is 15.8. The van der Waals surface area contributed by atoms with Gasteiger partial charge in [-0.25, -0.2) is 0 Å². The number of carbonyl (C=O) groups excluding carboxylic acids is 1. The van der Waals surface area contributed by atoms with Crippen LogP contribution in [0.5, 0.6) is 11.5 Å². The summed E-state index contributed by atoms with van der Waals surface area (Å²) in [7, 11) is 1.52. The normalized spacial score (nSPS) is 25.0. The first-order chi connectivity index (χ1) is 10.2. The largest absolute Gasteiger partial charge is 0.504 e. The summed E-state index contributed by atoms with van der Waals surface area (Å²) in [5, 5.41) is 8.99. The van der Waals surface area contributed by atoms with Crippen molar-refractivity contribution in [3.8, 4) is 11.5 Å². The van der Waals surface area contributed by atoms with Crippen LogP contribution < -0.4 is 4.74 Å². The van der Waals surface area contributed by atoms with E-state index in [9.17, 15) is 4.79 Å². The predicted molar refractivity (Wildman–Crippen MR) is 82.7 cm³/mol. The van der Waals surface area contributed by atoms with E-state index in [-0.39, 0.29) is 5.75 Å². The van der Waals surface area contributed by atoms with Gasteiger partial charge in [0.05, 0.1) is 7.11 Å². The standard InChI is InChI=1S/C10H17NO.C7H8O2/c1-2-11-6-5-8-3-4-9(12)7-10(8)11;1-9-7-5-3-2-4-6(7)8/h8,10H,2-7H2,1H3;2-5,8H,1H3. The summed E-state index contributed by atoms with van der Waals surface area (Å²) in [4.78, 5) is 13.7. The lowest BCUT2D eigenvalue weighted by molar-refractivity contribution is -0.122. The van der Waals surface area contributed by atoms with Gasteiger partial charge in [-0.1, -0.05) is 19.1 Å². The third-order valence-electron chi connectivity index (χ3n) is 4.52. The predicted octanol–water partition coefficient (Wildman–Crippen LogP) is 2.85. The Balaban J connectivity index is 0.000000161. The van der Waals surface area contributed by atoms with Gasteiger partial charge >= 0.3 is 0 Å². The van der Waals surface area contributed by atoms with Crippen LogP contribution in [-0.4, -0.2) is 42.0 Å². The number of fused-ring (bicyclic) bond motifs is 1. The Kier molecular flexibility index (Phi) is 5.62. The zero-order chi connectivity index (χ0) is 15.2. The summed E-state index contributed by atoms with van der Waals surface area (Å²) in [5.41, 5.74) is 0. The van der Waals surface area contributed by atoms with E-state index in [1.807, 2.05) is 0 Å². The van der Waals surface area contributed by atoms with Crippen LogP contribution in [0.1, 0.15) is 32.6 Å². The first-order valence-electron chi connectivity index (χ1n) is 7.73. The molecule has 2 atom stereocenters. The van der Waals surface area contributed by atoms with Gasteiger partial charge in [0.1, 0.15) is 5.78 Å². The molecule has 1 aromatic carbocycles. The molecule has 1 saturated carbocycles. The number of ether oxygens (including phenoxy) is 1. The highest BCUT2D eigenvalue weighted by Crippen LogP contribution is 2.34. The molecule has 0 amide bonds. The van der Waals surface area contributed by atoms with E-state index in [0.717, 1.165) is 31.7 Å². The Bertz CT molecular complexity index is 469. The summed E-state index contributed by atoms with van der Waals surface area (Å²) < 4.78 is 4.79. The van der Waals surface area contributed by atoms with Gasteiger partial charge in [-0.15, -0.1) is 0 Å². The van der Waals surface area contributed by atoms with Crippen molar-refractivity contribution in [2.24, 2.45) is 5.92 Å². The van der Waals surface area contributed by atoms with Gasteiger partial charge in [-0.3, -0.25) is 9.69 Å². The highest BCUT2D eigenvalue weighted by molar-refractivity contribution is 5.80. The molecule has 2 aliphatic rings. The number of phenolic OH excluding ortho intramolecular Hbond substituents is 1. The SMILES string of the molecule is CCN1CCC2CCC(=O)CC21.COc1ccccc1O. The van der Waals surface area contributed by atoms with Crippen LogP contribution in [0.25, 0.3) is 0 Å². The molecule has 1 heterocycles. The van der Waals surface area contributed by atoms with E-state index < -0.39 is 0 Å². The Morgan fingerprint density at radius 1 is 1.33 bits per heavy atom. The Morgan fingerprint density at radius 2 is 2.10 bits per heavy atom. The quantitative estimate of drug-likeness (QED) is 0.910. The molecule has 1 saturated heterocycles. The molecular formula is C17H25NO3. The van der Waals surface area contributed by atoms with Crippen LogP contribution >= 0.6 is 0 Å². The smallest absolute Gasteiger partial charge is 0.160 e. The lowest BCUT2D eigenvalue weighted by Crippen LogP contribution is -2.37. The van der Waals surface area contributed by atoms with Crippen LogP contribution in [0.15, 0.2) is 24.3 Å². The van der Waals surface area contributed by atoms with E-state index in [1.165, 1.54) is 20.1 Å². The second-order valence-corrected chi connectivity index (χ2v) is 5.70. The van der Waals surface area contributed by atoms with E-state index in [4.69, 9.17) is 9.84 Å². The molecule has 2 fully saturated rings. The van der Waals surface area contributed by atoms with E-state index in [2.05, 4.69) is 11.8 Å². The highest BCUT2D eigenvalue weighted by Gasteiger charge is 2.37. The fourth-order valence-electron chi connectivity index (χ4n) is 3.32. The number of hydrogen-bond donors (Lipinski definition) is 1. The minimum Gasteiger partial charge on any atom is -0.504 e. The molecule has 2 unspecified atom stereocenters. The molecular weight excluding hydrogens is 266 g/mol. The molecule has 116 valence electrons. The lowest BCUT2D eigenvalue weighted by atomic mass is 9.84. The van der Waals surface area contributed by atoms with E-state index in [0.29, 0.717) is 17.6 Å². The van der Waals surface area contributed by atoms with Gasteiger partial charge < -0.3 is 9.84 Å². The van der Waals surface area contributed by atoms with Gasteiger partial charge in [0.25, 0.3) is 0 Å². The average molecular weight is 291 g/mol.